The molecular formula is C17H23N5O2. The number of benzene rings is 1. The predicted octanol–water partition coefficient (Wildman–Crippen LogP) is 2.07. The van der Waals surface area contributed by atoms with Crippen LogP contribution in [0.15, 0.2) is 28.8 Å². The van der Waals surface area contributed by atoms with Crippen LogP contribution in [0.4, 0.5) is 4.79 Å². The van der Waals surface area contributed by atoms with E-state index in [2.05, 4.69) is 15.5 Å². The number of aryl methyl sites for hydroxylation is 1. The van der Waals surface area contributed by atoms with Crippen LogP contribution in [0.25, 0.3) is 11.4 Å². The van der Waals surface area contributed by atoms with Crippen LogP contribution in [0, 0.1) is 6.92 Å². The summed E-state index contributed by atoms with van der Waals surface area (Å²) in [6, 6.07) is 7.83. The van der Waals surface area contributed by atoms with E-state index in [0.29, 0.717) is 18.3 Å². The Labute approximate surface area is 141 Å². The molecule has 0 bridgehead atoms. The summed E-state index contributed by atoms with van der Waals surface area (Å²) in [5.41, 5.74) is 7.76. The fourth-order valence-corrected chi connectivity index (χ4v) is 3.03. The molecule has 0 radical (unpaired) electrons. The number of piperidine rings is 1. The minimum Gasteiger partial charge on any atom is -0.337 e. The third-order valence-electron chi connectivity index (χ3n) is 4.40. The number of carbonyl (C=O) groups excluding carboxylic acids is 1. The molecule has 0 spiro atoms. The third kappa shape index (κ3) is 3.56. The lowest BCUT2D eigenvalue weighted by Gasteiger charge is -2.34. The standard InChI is InChI=1S/C17H23N5O2/c1-12-6-2-3-8-14(12)16-20-15(24-21-16)11-19-17(23)22-9-5-4-7-13(22)10-18/h2-3,6,8,13H,4-5,7,9-11,18H2,1H3,(H,19,23). The molecule has 1 aromatic heterocycles. The smallest absolute Gasteiger partial charge is 0.318 e. The molecule has 1 saturated heterocycles. The number of nitrogens with zero attached hydrogens (tertiary/aromatic N) is 3. The van der Waals surface area contributed by atoms with Crippen LogP contribution in [0.1, 0.15) is 30.7 Å². The average molecular weight is 329 g/mol. The average Bonchev–Trinajstić information content (AvgIpc) is 3.08. The van der Waals surface area contributed by atoms with Gasteiger partial charge in [-0.15, -0.1) is 0 Å². The number of nitrogens with two attached hydrogens (primary N) is 1. The second-order valence-electron chi connectivity index (χ2n) is 6.06. The summed E-state index contributed by atoms with van der Waals surface area (Å²) in [5.74, 6) is 0.929. The van der Waals surface area contributed by atoms with Gasteiger partial charge in [-0.3, -0.25) is 0 Å². The molecule has 1 fully saturated rings. The second-order valence-corrected chi connectivity index (χ2v) is 6.06. The summed E-state index contributed by atoms with van der Waals surface area (Å²) in [4.78, 5) is 18.5. The van der Waals surface area contributed by atoms with Crippen molar-refractivity contribution in [3.63, 3.8) is 0 Å². The third-order valence-corrected chi connectivity index (χ3v) is 4.40. The Morgan fingerprint density at radius 1 is 1.42 bits per heavy atom. The number of urea groups is 1. The van der Waals surface area contributed by atoms with Gasteiger partial charge in [-0.05, 0) is 31.7 Å². The van der Waals surface area contributed by atoms with Crippen molar-refractivity contribution in [2.75, 3.05) is 13.1 Å². The number of nitrogens with one attached hydrogen (secondary N) is 1. The van der Waals surface area contributed by atoms with E-state index in [4.69, 9.17) is 10.3 Å². The molecule has 3 rings (SSSR count). The number of amides is 2. The first-order chi connectivity index (χ1) is 11.7. The highest BCUT2D eigenvalue weighted by atomic mass is 16.5. The Bertz CT molecular complexity index is 700. The summed E-state index contributed by atoms with van der Waals surface area (Å²) in [7, 11) is 0. The van der Waals surface area contributed by atoms with E-state index in [0.717, 1.165) is 36.9 Å². The van der Waals surface area contributed by atoms with Gasteiger partial charge in [0.1, 0.15) is 0 Å². The van der Waals surface area contributed by atoms with E-state index in [9.17, 15) is 4.79 Å². The van der Waals surface area contributed by atoms with Crippen LogP contribution in [-0.2, 0) is 6.54 Å². The summed E-state index contributed by atoms with van der Waals surface area (Å²) in [6.07, 6.45) is 3.10. The second kappa shape index (κ2) is 7.44. The van der Waals surface area contributed by atoms with Crippen molar-refractivity contribution in [1.29, 1.82) is 0 Å². The molecule has 2 heterocycles. The zero-order chi connectivity index (χ0) is 16.9. The zero-order valence-corrected chi connectivity index (χ0v) is 13.9. The summed E-state index contributed by atoms with van der Waals surface area (Å²) in [6.45, 7) is 3.44. The van der Waals surface area contributed by atoms with Gasteiger partial charge in [0.15, 0.2) is 0 Å². The largest absolute Gasteiger partial charge is 0.337 e. The van der Waals surface area contributed by atoms with Gasteiger partial charge in [0.05, 0.1) is 6.54 Å². The highest BCUT2D eigenvalue weighted by molar-refractivity contribution is 5.74. The van der Waals surface area contributed by atoms with Crippen molar-refractivity contribution in [2.45, 2.75) is 38.8 Å². The number of likely N-dealkylation sites (tertiary alicyclic amines) is 1. The number of aromatic nitrogens is 2. The molecule has 1 atom stereocenters. The molecule has 0 saturated carbocycles. The van der Waals surface area contributed by atoms with Crippen molar-refractivity contribution < 1.29 is 9.32 Å². The number of carbonyl (C=O) groups is 1. The van der Waals surface area contributed by atoms with E-state index in [1.165, 1.54) is 0 Å². The van der Waals surface area contributed by atoms with Crippen LogP contribution < -0.4 is 11.1 Å². The molecule has 1 unspecified atom stereocenters. The molecule has 0 aliphatic carbocycles. The zero-order valence-electron chi connectivity index (χ0n) is 13.9. The Hall–Kier alpha value is -2.41. The van der Waals surface area contributed by atoms with E-state index < -0.39 is 0 Å². The van der Waals surface area contributed by atoms with Crippen molar-refractivity contribution in [2.24, 2.45) is 5.73 Å². The molecule has 1 aliphatic heterocycles. The lowest BCUT2D eigenvalue weighted by atomic mass is 10.0. The van der Waals surface area contributed by atoms with Crippen molar-refractivity contribution in [3.8, 4) is 11.4 Å². The molecule has 1 aromatic carbocycles. The first kappa shape index (κ1) is 16.4. The van der Waals surface area contributed by atoms with Gasteiger partial charge in [0, 0.05) is 24.7 Å². The number of rotatable bonds is 4. The highest BCUT2D eigenvalue weighted by Crippen LogP contribution is 2.20. The fraction of sp³-hybridized carbons (Fsp3) is 0.471. The van der Waals surface area contributed by atoms with Gasteiger partial charge in [-0.25, -0.2) is 4.79 Å². The summed E-state index contributed by atoms with van der Waals surface area (Å²) < 4.78 is 5.25. The minimum atomic E-state index is -0.124. The maximum atomic E-state index is 12.3. The monoisotopic (exact) mass is 329 g/mol. The molecule has 1 aliphatic rings. The molecule has 7 heteroatoms. The van der Waals surface area contributed by atoms with Gasteiger partial charge in [-0.1, -0.05) is 29.4 Å². The van der Waals surface area contributed by atoms with Gasteiger partial charge in [-0.2, -0.15) is 4.98 Å². The first-order valence-electron chi connectivity index (χ1n) is 8.32. The minimum absolute atomic E-state index is 0.115. The van der Waals surface area contributed by atoms with Gasteiger partial charge >= 0.3 is 6.03 Å². The van der Waals surface area contributed by atoms with E-state index in [1.54, 1.807) is 0 Å². The van der Waals surface area contributed by atoms with Crippen LogP contribution >= 0.6 is 0 Å². The van der Waals surface area contributed by atoms with Crippen LogP contribution in [-0.4, -0.2) is 40.2 Å². The topological polar surface area (TPSA) is 97.3 Å². The molecule has 24 heavy (non-hydrogen) atoms. The Morgan fingerprint density at radius 2 is 2.25 bits per heavy atom. The van der Waals surface area contributed by atoms with Crippen molar-refractivity contribution >= 4 is 6.03 Å². The normalized spacial score (nSPS) is 17.8. The Balaban J connectivity index is 1.61. The molecule has 2 aromatic rings. The Morgan fingerprint density at radius 3 is 3.04 bits per heavy atom. The van der Waals surface area contributed by atoms with Gasteiger partial charge in [0.25, 0.3) is 0 Å². The van der Waals surface area contributed by atoms with Crippen molar-refractivity contribution in [3.05, 3.63) is 35.7 Å². The molecule has 2 amide bonds. The highest BCUT2D eigenvalue weighted by Gasteiger charge is 2.25. The lowest BCUT2D eigenvalue weighted by molar-refractivity contribution is 0.152. The lowest BCUT2D eigenvalue weighted by Crippen LogP contribution is -2.51. The van der Waals surface area contributed by atoms with Crippen LogP contribution in [0.2, 0.25) is 0 Å². The maximum Gasteiger partial charge on any atom is 0.318 e. The summed E-state index contributed by atoms with van der Waals surface area (Å²) in [5, 5.41) is 6.85. The first-order valence-corrected chi connectivity index (χ1v) is 8.32. The SMILES string of the molecule is Cc1ccccc1-c1noc(CNC(=O)N2CCCCC2CN)n1. The quantitative estimate of drug-likeness (QED) is 0.895. The Kier molecular flexibility index (Phi) is 5.10. The molecular weight excluding hydrogens is 306 g/mol. The van der Waals surface area contributed by atoms with E-state index in [1.807, 2.05) is 36.1 Å². The van der Waals surface area contributed by atoms with Crippen LogP contribution in [0.5, 0.6) is 0 Å². The maximum absolute atomic E-state index is 12.3. The van der Waals surface area contributed by atoms with E-state index in [-0.39, 0.29) is 18.6 Å². The molecule has 3 N–H and O–H groups in total. The number of hydrogen-bond donors (Lipinski definition) is 2. The number of hydrogen-bond acceptors (Lipinski definition) is 5. The summed E-state index contributed by atoms with van der Waals surface area (Å²) >= 11 is 0. The van der Waals surface area contributed by atoms with Gasteiger partial charge in [0.2, 0.25) is 11.7 Å². The van der Waals surface area contributed by atoms with E-state index >= 15 is 0 Å². The molecule has 7 nitrogen and oxygen atoms in total. The fourth-order valence-electron chi connectivity index (χ4n) is 3.03. The molecule has 128 valence electrons. The van der Waals surface area contributed by atoms with Crippen molar-refractivity contribution in [1.82, 2.24) is 20.4 Å². The van der Waals surface area contributed by atoms with Gasteiger partial charge < -0.3 is 20.5 Å². The predicted molar refractivity (Wildman–Crippen MR) is 90.1 cm³/mol. The van der Waals surface area contributed by atoms with Crippen LogP contribution in [0.3, 0.4) is 0 Å².